The average molecular weight is 441 g/mol. The number of aromatic nitrogens is 1. The minimum absolute atomic E-state index is 0.0103. The lowest BCUT2D eigenvalue weighted by atomic mass is 9.96. The molecule has 1 aromatic carbocycles. The summed E-state index contributed by atoms with van der Waals surface area (Å²) in [5.74, 6) is 1.17. The quantitative estimate of drug-likeness (QED) is 0.751. The molecule has 7 heteroatoms. The fraction of sp³-hybridized carbons (Fsp3) is 0.458. The first-order valence-electron chi connectivity index (χ1n) is 11.1. The van der Waals surface area contributed by atoms with E-state index in [1.807, 2.05) is 40.1 Å². The molecule has 2 fully saturated rings. The van der Waals surface area contributed by atoms with Crippen molar-refractivity contribution in [2.45, 2.75) is 32.1 Å². The number of pyridine rings is 1. The Hall–Kier alpha value is -2.60. The summed E-state index contributed by atoms with van der Waals surface area (Å²) in [5, 5.41) is 3.80. The Morgan fingerprint density at radius 2 is 1.58 bits per heavy atom. The van der Waals surface area contributed by atoms with Crippen molar-refractivity contribution in [2.75, 3.05) is 38.0 Å². The molecule has 0 unspecified atom stereocenters. The molecule has 2 aromatic rings. The van der Waals surface area contributed by atoms with E-state index in [2.05, 4.69) is 10.3 Å². The molecule has 0 aliphatic carbocycles. The zero-order valence-corrected chi connectivity index (χ0v) is 18.5. The number of nitrogens with zero attached hydrogens (tertiary/aromatic N) is 3. The van der Waals surface area contributed by atoms with Crippen LogP contribution in [0.1, 0.15) is 52.8 Å². The largest absolute Gasteiger partial charge is 0.369 e. The fourth-order valence-electron chi connectivity index (χ4n) is 4.31. The van der Waals surface area contributed by atoms with Crippen molar-refractivity contribution in [2.24, 2.45) is 5.92 Å². The summed E-state index contributed by atoms with van der Waals surface area (Å²) in [6.45, 7) is 3.87. The van der Waals surface area contributed by atoms with Crippen LogP contribution in [0.4, 0.5) is 5.82 Å². The Kier molecular flexibility index (Phi) is 7.07. The summed E-state index contributed by atoms with van der Waals surface area (Å²) in [7, 11) is 0. The Labute approximate surface area is 188 Å². The van der Waals surface area contributed by atoms with Crippen LogP contribution in [-0.2, 0) is 0 Å². The van der Waals surface area contributed by atoms with Crippen molar-refractivity contribution >= 4 is 29.2 Å². The van der Waals surface area contributed by atoms with Crippen LogP contribution in [0.3, 0.4) is 0 Å². The van der Waals surface area contributed by atoms with E-state index < -0.39 is 0 Å². The van der Waals surface area contributed by atoms with Crippen molar-refractivity contribution in [1.29, 1.82) is 0 Å². The minimum Gasteiger partial charge on any atom is -0.369 e. The standard InChI is InChI=1S/C24H29ClN4O2/c25-21-15-20(24(31)28-11-5-2-6-12-28)17-27-22(21)26-16-18-9-13-29(14-10-18)23(30)19-7-3-1-4-8-19/h1,3-4,7-8,15,17-18H,2,5-6,9-14,16H2,(H,26,27). The molecule has 4 rings (SSSR count). The van der Waals surface area contributed by atoms with Gasteiger partial charge >= 0.3 is 0 Å². The summed E-state index contributed by atoms with van der Waals surface area (Å²) < 4.78 is 0. The second-order valence-electron chi connectivity index (χ2n) is 8.39. The van der Waals surface area contributed by atoms with Crippen molar-refractivity contribution in [3.63, 3.8) is 0 Å². The van der Waals surface area contributed by atoms with E-state index in [-0.39, 0.29) is 11.8 Å². The highest BCUT2D eigenvalue weighted by molar-refractivity contribution is 6.33. The molecule has 0 radical (unpaired) electrons. The molecule has 2 saturated heterocycles. The third-order valence-electron chi connectivity index (χ3n) is 6.21. The summed E-state index contributed by atoms with van der Waals surface area (Å²) >= 11 is 6.41. The molecule has 31 heavy (non-hydrogen) atoms. The number of benzene rings is 1. The molecule has 0 bridgehead atoms. The number of piperidine rings is 2. The van der Waals surface area contributed by atoms with Crippen LogP contribution in [0.5, 0.6) is 0 Å². The van der Waals surface area contributed by atoms with Crippen LogP contribution in [0.25, 0.3) is 0 Å². The summed E-state index contributed by atoms with van der Waals surface area (Å²) in [6, 6.07) is 11.2. The zero-order valence-electron chi connectivity index (χ0n) is 17.7. The second kappa shape index (κ2) is 10.1. The van der Waals surface area contributed by atoms with Crippen LogP contribution in [-0.4, -0.2) is 59.3 Å². The van der Waals surface area contributed by atoms with Crippen molar-refractivity contribution in [1.82, 2.24) is 14.8 Å². The Bertz CT molecular complexity index is 907. The highest BCUT2D eigenvalue weighted by Crippen LogP contribution is 2.24. The van der Waals surface area contributed by atoms with Gasteiger partial charge in [-0.15, -0.1) is 0 Å². The highest BCUT2D eigenvalue weighted by atomic mass is 35.5. The molecule has 1 N–H and O–H groups in total. The molecule has 6 nitrogen and oxygen atoms in total. The van der Waals surface area contributed by atoms with Gasteiger partial charge in [-0.3, -0.25) is 9.59 Å². The molecule has 2 amide bonds. The lowest BCUT2D eigenvalue weighted by Gasteiger charge is -2.32. The van der Waals surface area contributed by atoms with Crippen LogP contribution >= 0.6 is 11.6 Å². The number of carbonyl (C=O) groups is 2. The van der Waals surface area contributed by atoms with Crippen LogP contribution < -0.4 is 5.32 Å². The van der Waals surface area contributed by atoms with Crippen molar-refractivity contribution in [3.05, 3.63) is 58.7 Å². The average Bonchev–Trinajstić information content (AvgIpc) is 2.84. The van der Waals surface area contributed by atoms with Gasteiger partial charge in [-0.2, -0.15) is 0 Å². The molecule has 0 saturated carbocycles. The summed E-state index contributed by atoms with van der Waals surface area (Å²) in [6.07, 6.45) is 6.80. The van der Waals surface area contributed by atoms with E-state index in [0.717, 1.165) is 64.0 Å². The number of hydrogen-bond donors (Lipinski definition) is 1. The van der Waals surface area contributed by atoms with Gasteiger partial charge in [-0.05, 0) is 56.2 Å². The number of carbonyl (C=O) groups excluding carboxylic acids is 2. The van der Waals surface area contributed by atoms with Gasteiger partial charge in [-0.25, -0.2) is 4.98 Å². The van der Waals surface area contributed by atoms with Crippen LogP contribution in [0, 0.1) is 5.92 Å². The predicted molar refractivity (Wildman–Crippen MR) is 123 cm³/mol. The smallest absolute Gasteiger partial charge is 0.255 e. The highest BCUT2D eigenvalue weighted by Gasteiger charge is 2.24. The van der Waals surface area contributed by atoms with Gasteiger partial charge in [0.2, 0.25) is 0 Å². The van der Waals surface area contributed by atoms with Gasteiger partial charge in [0, 0.05) is 44.5 Å². The third kappa shape index (κ3) is 5.37. The number of halogens is 1. The number of anilines is 1. The first kappa shape index (κ1) is 21.6. The fourth-order valence-corrected chi connectivity index (χ4v) is 4.54. The van der Waals surface area contributed by atoms with Crippen LogP contribution in [0.2, 0.25) is 5.02 Å². The lowest BCUT2D eigenvalue weighted by Crippen LogP contribution is -2.39. The molecule has 3 heterocycles. The number of hydrogen-bond acceptors (Lipinski definition) is 4. The maximum atomic E-state index is 12.6. The topological polar surface area (TPSA) is 65.5 Å². The maximum Gasteiger partial charge on any atom is 0.255 e. The van der Waals surface area contributed by atoms with E-state index in [9.17, 15) is 9.59 Å². The van der Waals surface area contributed by atoms with E-state index in [1.165, 1.54) is 6.42 Å². The predicted octanol–water partition coefficient (Wildman–Crippen LogP) is 4.33. The van der Waals surface area contributed by atoms with Crippen molar-refractivity contribution < 1.29 is 9.59 Å². The van der Waals surface area contributed by atoms with E-state index in [1.54, 1.807) is 12.3 Å². The summed E-state index contributed by atoms with van der Waals surface area (Å²) in [5.41, 5.74) is 1.29. The molecular formula is C24H29ClN4O2. The maximum absolute atomic E-state index is 12.6. The molecule has 0 atom stereocenters. The van der Waals surface area contributed by atoms with Gasteiger partial charge in [0.25, 0.3) is 11.8 Å². The molecule has 164 valence electrons. The molecule has 2 aliphatic heterocycles. The normalized spacial score (nSPS) is 17.5. The van der Waals surface area contributed by atoms with Gasteiger partial charge in [0.05, 0.1) is 10.6 Å². The summed E-state index contributed by atoms with van der Waals surface area (Å²) in [4.78, 5) is 33.4. The number of amides is 2. The zero-order chi connectivity index (χ0) is 21.6. The Morgan fingerprint density at radius 1 is 0.935 bits per heavy atom. The number of likely N-dealkylation sites (tertiary alicyclic amines) is 2. The lowest BCUT2D eigenvalue weighted by molar-refractivity contribution is 0.0693. The molecule has 0 spiro atoms. The van der Waals surface area contributed by atoms with Crippen LogP contribution in [0.15, 0.2) is 42.6 Å². The number of nitrogens with one attached hydrogen (secondary N) is 1. The Morgan fingerprint density at radius 3 is 2.26 bits per heavy atom. The van der Waals surface area contributed by atoms with Gasteiger partial charge in [0.1, 0.15) is 5.82 Å². The molecule has 1 aromatic heterocycles. The van der Waals surface area contributed by atoms with Gasteiger partial charge in [0.15, 0.2) is 0 Å². The minimum atomic E-state index is 0.0103. The van der Waals surface area contributed by atoms with Crippen molar-refractivity contribution in [3.8, 4) is 0 Å². The van der Waals surface area contributed by atoms with E-state index in [0.29, 0.717) is 22.3 Å². The number of rotatable bonds is 5. The first-order valence-corrected chi connectivity index (χ1v) is 11.5. The van der Waals surface area contributed by atoms with Gasteiger partial charge in [-0.1, -0.05) is 29.8 Å². The SMILES string of the molecule is O=C(c1cnc(NCC2CCN(C(=O)c3ccccc3)CC2)c(Cl)c1)N1CCCCC1. The molecule has 2 aliphatic rings. The van der Waals surface area contributed by atoms with E-state index >= 15 is 0 Å². The monoisotopic (exact) mass is 440 g/mol. The third-order valence-corrected chi connectivity index (χ3v) is 6.50. The van der Waals surface area contributed by atoms with E-state index in [4.69, 9.17) is 11.6 Å². The van der Waals surface area contributed by atoms with Gasteiger partial charge < -0.3 is 15.1 Å². The molecular weight excluding hydrogens is 412 g/mol. The second-order valence-corrected chi connectivity index (χ2v) is 8.80. The first-order chi connectivity index (χ1) is 15.1. The Balaban J connectivity index is 1.27.